The van der Waals surface area contributed by atoms with E-state index in [4.69, 9.17) is 5.26 Å². The van der Waals surface area contributed by atoms with Crippen LogP contribution in [0.2, 0.25) is 0 Å². The number of carbonyl (C=O) groups is 1. The summed E-state index contributed by atoms with van der Waals surface area (Å²) in [6.07, 6.45) is 3.02. The number of rotatable bonds is 5. The van der Waals surface area contributed by atoms with Crippen molar-refractivity contribution in [3.05, 3.63) is 94.4 Å². The highest BCUT2D eigenvalue weighted by Crippen LogP contribution is 2.19. The van der Waals surface area contributed by atoms with E-state index >= 15 is 0 Å². The molecule has 0 aliphatic carbocycles. The van der Waals surface area contributed by atoms with Crippen molar-refractivity contribution in [2.24, 2.45) is 0 Å². The number of fused-ring (bicyclic) bond motifs is 1. The maximum absolute atomic E-state index is 13.5. The lowest BCUT2D eigenvalue weighted by Crippen LogP contribution is -2.47. The van der Waals surface area contributed by atoms with Gasteiger partial charge >= 0.3 is 6.03 Å². The van der Waals surface area contributed by atoms with E-state index in [-0.39, 0.29) is 17.6 Å². The van der Waals surface area contributed by atoms with Crippen molar-refractivity contribution in [3.8, 4) is 6.07 Å². The molecule has 0 saturated carbocycles. The Bertz CT molecular complexity index is 1490. The molecular formula is C27H25N7O2. The van der Waals surface area contributed by atoms with E-state index in [1.807, 2.05) is 47.4 Å². The Morgan fingerprint density at radius 3 is 2.64 bits per heavy atom. The molecule has 1 aliphatic rings. The molecule has 0 unspecified atom stereocenters. The second-order valence-electron chi connectivity index (χ2n) is 8.71. The van der Waals surface area contributed by atoms with Crippen molar-refractivity contribution in [1.29, 1.82) is 5.26 Å². The number of amides is 2. The van der Waals surface area contributed by atoms with Crippen LogP contribution in [0.4, 0.5) is 16.3 Å². The average Bonchev–Trinajstić information content (AvgIpc) is 2.91. The van der Waals surface area contributed by atoms with Crippen LogP contribution >= 0.6 is 0 Å². The Balaban J connectivity index is 1.29. The summed E-state index contributed by atoms with van der Waals surface area (Å²) in [5.41, 5.74) is 3.12. The van der Waals surface area contributed by atoms with E-state index in [1.165, 1.54) is 0 Å². The minimum atomic E-state index is -0.316. The molecule has 2 N–H and O–H groups in total. The van der Waals surface area contributed by atoms with Gasteiger partial charge in [-0.3, -0.25) is 9.36 Å². The van der Waals surface area contributed by atoms with Gasteiger partial charge in [-0.05, 0) is 48.7 Å². The smallest absolute Gasteiger partial charge is 0.319 e. The van der Waals surface area contributed by atoms with Crippen molar-refractivity contribution >= 4 is 28.7 Å². The van der Waals surface area contributed by atoms with Crippen LogP contribution in [-0.2, 0) is 6.54 Å². The van der Waals surface area contributed by atoms with Gasteiger partial charge in [-0.2, -0.15) is 5.26 Å². The van der Waals surface area contributed by atoms with Crippen LogP contribution in [0, 0.1) is 11.3 Å². The summed E-state index contributed by atoms with van der Waals surface area (Å²) in [6.45, 7) is 1.59. The first-order chi connectivity index (χ1) is 17.6. The van der Waals surface area contributed by atoms with Crippen LogP contribution in [0.1, 0.15) is 24.0 Å². The Morgan fingerprint density at radius 2 is 1.86 bits per heavy atom. The molecule has 2 amide bonds. The van der Waals surface area contributed by atoms with Crippen LogP contribution in [0.3, 0.4) is 0 Å². The molecule has 0 radical (unpaired) electrons. The largest absolute Gasteiger partial charge is 0.352 e. The van der Waals surface area contributed by atoms with Gasteiger partial charge in [-0.1, -0.05) is 36.4 Å². The van der Waals surface area contributed by atoms with E-state index in [2.05, 4.69) is 26.7 Å². The molecule has 2 aromatic heterocycles. The first-order valence-corrected chi connectivity index (χ1v) is 11.8. The Labute approximate surface area is 208 Å². The highest BCUT2D eigenvalue weighted by Gasteiger charge is 2.25. The fraction of sp³-hybridized carbons (Fsp3) is 0.222. The van der Waals surface area contributed by atoms with Gasteiger partial charge in [0.1, 0.15) is 5.52 Å². The first-order valence-electron chi connectivity index (χ1n) is 11.8. The fourth-order valence-electron chi connectivity index (χ4n) is 4.44. The molecule has 4 aromatic rings. The third-order valence-electron chi connectivity index (χ3n) is 6.25. The summed E-state index contributed by atoms with van der Waals surface area (Å²) >= 11 is 0. The summed E-state index contributed by atoms with van der Waals surface area (Å²) < 4.78 is 1.68. The summed E-state index contributed by atoms with van der Waals surface area (Å²) in [6, 6.07) is 22.0. The standard InChI is InChI=1S/C27H25N7O2/c28-17-20-8-4-9-22(16-20)31-27(36)30-21-11-14-33(15-12-21)25-26(35)34(18-19-6-2-1-3-7-19)24-23(32-25)10-5-13-29-24/h1-10,13,16,21H,11-12,14-15,18H2,(H2,30,31,36). The molecular weight excluding hydrogens is 454 g/mol. The molecule has 5 rings (SSSR count). The molecule has 3 heterocycles. The SMILES string of the molecule is N#Cc1cccc(NC(=O)NC2CCN(c3nc4cccnc4n(Cc4ccccc4)c3=O)CC2)c1. The fourth-order valence-corrected chi connectivity index (χ4v) is 4.44. The summed E-state index contributed by atoms with van der Waals surface area (Å²) in [5.74, 6) is 0.405. The number of carbonyl (C=O) groups excluding carboxylic acids is 1. The number of nitriles is 1. The number of nitrogens with zero attached hydrogens (tertiary/aromatic N) is 5. The molecule has 180 valence electrons. The molecule has 9 heteroatoms. The molecule has 1 aliphatic heterocycles. The first kappa shape index (κ1) is 23.1. The average molecular weight is 480 g/mol. The van der Waals surface area contributed by atoms with Crippen LogP contribution in [0.5, 0.6) is 0 Å². The predicted octanol–water partition coefficient (Wildman–Crippen LogP) is 3.50. The number of benzene rings is 2. The molecule has 36 heavy (non-hydrogen) atoms. The number of anilines is 2. The number of nitrogens with one attached hydrogen (secondary N) is 2. The van der Waals surface area contributed by atoms with Crippen molar-refractivity contribution < 1.29 is 4.79 Å². The van der Waals surface area contributed by atoms with Gasteiger partial charge in [0.2, 0.25) is 0 Å². The minimum absolute atomic E-state index is 0.0333. The van der Waals surface area contributed by atoms with Gasteiger partial charge in [-0.15, -0.1) is 0 Å². The number of hydrogen-bond donors (Lipinski definition) is 2. The third kappa shape index (κ3) is 5.03. The highest BCUT2D eigenvalue weighted by molar-refractivity contribution is 5.89. The second-order valence-corrected chi connectivity index (χ2v) is 8.71. The second kappa shape index (κ2) is 10.3. The van der Waals surface area contributed by atoms with E-state index in [9.17, 15) is 9.59 Å². The number of piperidine rings is 1. The topological polar surface area (TPSA) is 116 Å². The lowest BCUT2D eigenvalue weighted by atomic mass is 10.1. The van der Waals surface area contributed by atoms with Crippen LogP contribution in [-0.4, -0.2) is 39.7 Å². The number of urea groups is 1. The Hall–Kier alpha value is -4.71. The highest BCUT2D eigenvalue weighted by atomic mass is 16.2. The van der Waals surface area contributed by atoms with E-state index in [0.717, 1.165) is 5.56 Å². The third-order valence-corrected chi connectivity index (χ3v) is 6.25. The lowest BCUT2D eigenvalue weighted by Gasteiger charge is -2.33. The maximum atomic E-state index is 13.5. The monoisotopic (exact) mass is 479 g/mol. The van der Waals surface area contributed by atoms with Crippen molar-refractivity contribution in [3.63, 3.8) is 0 Å². The van der Waals surface area contributed by atoms with Crippen molar-refractivity contribution in [1.82, 2.24) is 19.9 Å². The summed E-state index contributed by atoms with van der Waals surface area (Å²) in [4.78, 5) is 37.1. The molecule has 0 spiro atoms. The van der Waals surface area contributed by atoms with Crippen molar-refractivity contribution in [2.75, 3.05) is 23.3 Å². The van der Waals surface area contributed by atoms with Gasteiger partial charge in [0, 0.05) is 31.0 Å². The number of aromatic nitrogens is 3. The molecule has 1 saturated heterocycles. The summed E-state index contributed by atoms with van der Waals surface area (Å²) in [7, 11) is 0. The van der Waals surface area contributed by atoms with E-state index < -0.39 is 0 Å². The minimum Gasteiger partial charge on any atom is -0.352 e. The quantitative estimate of drug-likeness (QED) is 0.453. The van der Waals surface area contributed by atoms with Gasteiger partial charge in [0.25, 0.3) is 5.56 Å². The van der Waals surface area contributed by atoms with Gasteiger partial charge < -0.3 is 15.5 Å². The van der Waals surface area contributed by atoms with E-state index in [1.54, 1.807) is 35.0 Å². The maximum Gasteiger partial charge on any atom is 0.319 e. The number of pyridine rings is 1. The van der Waals surface area contributed by atoms with Gasteiger partial charge in [0.05, 0.1) is 18.2 Å². The molecule has 9 nitrogen and oxygen atoms in total. The Morgan fingerprint density at radius 1 is 1.06 bits per heavy atom. The zero-order chi connectivity index (χ0) is 24.9. The van der Waals surface area contributed by atoms with Crippen molar-refractivity contribution in [2.45, 2.75) is 25.4 Å². The molecule has 0 atom stereocenters. The van der Waals surface area contributed by atoms with Gasteiger partial charge in [-0.25, -0.2) is 14.8 Å². The van der Waals surface area contributed by atoms with Crippen LogP contribution < -0.4 is 21.1 Å². The predicted molar refractivity (Wildman–Crippen MR) is 138 cm³/mol. The molecule has 0 bridgehead atoms. The van der Waals surface area contributed by atoms with E-state index in [0.29, 0.717) is 60.7 Å². The summed E-state index contributed by atoms with van der Waals surface area (Å²) in [5, 5.41) is 14.8. The molecule has 2 aromatic carbocycles. The zero-order valence-corrected chi connectivity index (χ0v) is 19.6. The van der Waals surface area contributed by atoms with Crippen LogP contribution in [0.25, 0.3) is 11.2 Å². The zero-order valence-electron chi connectivity index (χ0n) is 19.6. The number of hydrogen-bond acceptors (Lipinski definition) is 6. The molecule has 1 fully saturated rings. The Kier molecular flexibility index (Phi) is 6.58. The lowest BCUT2D eigenvalue weighted by molar-refractivity contribution is 0.246. The normalized spacial score (nSPS) is 13.8. The van der Waals surface area contributed by atoms with Gasteiger partial charge in [0.15, 0.2) is 11.5 Å². The van der Waals surface area contributed by atoms with Crippen LogP contribution in [0.15, 0.2) is 77.7 Å².